The van der Waals surface area contributed by atoms with Gasteiger partial charge in [0.25, 0.3) is 0 Å². The first-order valence-corrected chi connectivity index (χ1v) is 8.40. The topological polar surface area (TPSA) is 98.9 Å². The molecule has 0 saturated carbocycles. The van der Waals surface area contributed by atoms with E-state index in [1.807, 2.05) is 13.8 Å². The van der Waals surface area contributed by atoms with Crippen LogP contribution in [0.1, 0.15) is 53.2 Å². The Labute approximate surface area is 146 Å². The first-order chi connectivity index (χ1) is 11.8. The van der Waals surface area contributed by atoms with Gasteiger partial charge in [0.05, 0.1) is 24.8 Å². The third-order valence-corrected chi connectivity index (χ3v) is 5.50. The molecule has 1 aliphatic heterocycles. The average molecular weight is 345 g/mol. The van der Waals surface area contributed by atoms with E-state index >= 15 is 0 Å². The predicted molar refractivity (Wildman–Crippen MR) is 92.6 cm³/mol. The van der Waals surface area contributed by atoms with E-state index in [9.17, 15) is 9.59 Å². The number of cyclic esters (lactones) is 1. The van der Waals surface area contributed by atoms with Crippen molar-refractivity contribution < 1.29 is 24.2 Å². The Balaban J connectivity index is 2.02. The Bertz CT molecular complexity index is 794. The number of hydrogen-bond acceptors (Lipinski definition) is 5. The molecule has 1 unspecified atom stereocenters. The third kappa shape index (κ3) is 2.86. The summed E-state index contributed by atoms with van der Waals surface area (Å²) in [6, 6.07) is 0. The molecule has 1 aromatic rings. The number of carbonyl (C=O) groups excluding carboxylic acids is 1. The number of methoxy groups -OCH3 is 1. The molecule has 0 aromatic heterocycles. The predicted octanol–water partition coefficient (Wildman–Crippen LogP) is 3.00. The molecule has 0 amide bonds. The quantitative estimate of drug-likeness (QED) is 0.483. The van der Waals surface area contributed by atoms with E-state index in [0.29, 0.717) is 23.4 Å². The van der Waals surface area contributed by atoms with E-state index < -0.39 is 5.97 Å². The number of rotatable bonds is 5. The van der Waals surface area contributed by atoms with Gasteiger partial charge in [-0.3, -0.25) is 4.79 Å². The van der Waals surface area contributed by atoms with E-state index in [0.717, 1.165) is 35.1 Å². The standard InChI is InChI=1S/C19H23NO5/c1-9-11(4-5-12(9)7-15(21)22)6-13-17(20)16-14(8-25-19(16)23)10(2)18(13)24-3/h12H,4-8,20H2,1-3H3,(H,21,22). The largest absolute Gasteiger partial charge is 0.496 e. The van der Waals surface area contributed by atoms with Crippen LogP contribution in [0.4, 0.5) is 5.69 Å². The number of hydrogen-bond donors (Lipinski definition) is 2. The van der Waals surface area contributed by atoms with Crippen molar-refractivity contribution in [2.75, 3.05) is 12.8 Å². The van der Waals surface area contributed by atoms with Crippen LogP contribution in [0.2, 0.25) is 0 Å². The van der Waals surface area contributed by atoms with E-state index in [2.05, 4.69) is 0 Å². The zero-order valence-electron chi connectivity index (χ0n) is 14.8. The number of carbonyl (C=O) groups is 2. The lowest BCUT2D eigenvalue weighted by Gasteiger charge is -2.18. The van der Waals surface area contributed by atoms with Gasteiger partial charge in [0.2, 0.25) is 0 Å². The second-order valence-electron chi connectivity index (χ2n) is 6.78. The Morgan fingerprint density at radius 3 is 2.76 bits per heavy atom. The molecule has 1 aliphatic carbocycles. The lowest BCUT2D eigenvalue weighted by molar-refractivity contribution is -0.137. The summed E-state index contributed by atoms with van der Waals surface area (Å²) < 4.78 is 10.7. The molecular formula is C19H23NO5. The van der Waals surface area contributed by atoms with Gasteiger partial charge in [-0.25, -0.2) is 4.79 Å². The summed E-state index contributed by atoms with van der Waals surface area (Å²) in [5, 5.41) is 9.05. The van der Waals surface area contributed by atoms with Gasteiger partial charge in [-0.1, -0.05) is 11.1 Å². The Morgan fingerprint density at radius 2 is 2.12 bits per heavy atom. The highest BCUT2D eigenvalue weighted by Gasteiger charge is 2.32. The molecular weight excluding hydrogens is 322 g/mol. The third-order valence-electron chi connectivity index (χ3n) is 5.50. The lowest BCUT2D eigenvalue weighted by Crippen LogP contribution is -2.09. The number of carboxylic acid groups (broad SMARTS) is 1. The molecule has 0 radical (unpaired) electrons. The molecule has 0 saturated heterocycles. The molecule has 1 heterocycles. The molecule has 0 fully saturated rings. The number of carboxylic acids is 1. The first kappa shape index (κ1) is 17.3. The van der Waals surface area contributed by atoms with Gasteiger partial charge in [-0.2, -0.15) is 0 Å². The van der Waals surface area contributed by atoms with Crippen molar-refractivity contribution in [2.45, 2.75) is 46.1 Å². The van der Waals surface area contributed by atoms with Gasteiger partial charge >= 0.3 is 11.9 Å². The second-order valence-corrected chi connectivity index (χ2v) is 6.78. The molecule has 6 heteroatoms. The molecule has 3 rings (SSSR count). The number of benzene rings is 1. The zero-order chi connectivity index (χ0) is 18.3. The van der Waals surface area contributed by atoms with Crippen molar-refractivity contribution in [3.63, 3.8) is 0 Å². The summed E-state index contributed by atoms with van der Waals surface area (Å²) in [5.74, 6) is -0.407. The molecule has 134 valence electrons. The lowest BCUT2D eigenvalue weighted by atomic mass is 9.91. The van der Waals surface area contributed by atoms with Crippen molar-refractivity contribution in [3.8, 4) is 5.75 Å². The summed E-state index contributed by atoms with van der Waals surface area (Å²) in [6.45, 7) is 4.13. The van der Waals surface area contributed by atoms with Crippen molar-refractivity contribution in [1.29, 1.82) is 0 Å². The number of esters is 1. The van der Waals surface area contributed by atoms with Gasteiger partial charge in [-0.15, -0.1) is 0 Å². The van der Waals surface area contributed by atoms with E-state index in [1.165, 1.54) is 5.57 Å². The zero-order valence-corrected chi connectivity index (χ0v) is 14.8. The minimum absolute atomic E-state index is 0.0696. The molecule has 0 spiro atoms. The highest BCUT2D eigenvalue weighted by Crippen LogP contribution is 2.43. The fraction of sp³-hybridized carbons (Fsp3) is 0.474. The van der Waals surface area contributed by atoms with Gasteiger partial charge in [0, 0.05) is 11.1 Å². The fourth-order valence-corrected chi connectivity index (χ4v) is 4.02. The Morgan fingerprint density at radius 1 is 1.40 bits per heavy atom. The van der Waals surface area contributed by atoms with Crippen molar-refractivity contribution in [3.05, 3.63) is 33.4 Å². The number of nitrogen functional groups attached to an aromatic ring is 1. The number of nitrogens with two attached hydrogens (primary N) is 1. The van der Waals surface area contributed by atoms with Crippen LogP contribution in [0.3, 0.4) is 0 Å². The van der Waals surface area contributed by atoms with Crippen molar-refractivity contribution in [2.24, 2.45) is 5.92 Å². The van der Waals surface area contributed by atoms with Crippen molar-refractivity contribution in [1.82, 2.24) is 0 Å². The molecule has 3 N–H and O–H groups in total. The smallest absolute Gasteiger partial charge is 0.341 e. The maximum absolute atomic E-state index is 12.0. The van der Waals surface area contributed by atoms with Crippen LogP contribution < -0.4 is 10.5 Å². The summed E-state index contributed by atoms with van der Waals surface area (Å²) in [4.78, 5) is 23.1. The summed E-state index contributed by atoms with van der Waals surface area (Å²) in [5.41, 5.74) is 11.9. The Hall–Kier alpha value is -2.50. The SMILES string of the molecule is COc1c(C)c2c(c(N)c1CC1=C(C)C(CC(=O)O)CC1)C(=O)OC2. The maximum Gasteiger partial charge on any atom is 0.341 e. The van der Waals surface area contributed by atoms with Crippen LogP contribution in [0.25, 0.3) is 0 Å². The molecule has 1 aromatic carbocycles. The van der Waals surface area contributed by atoms with Crippen molar-refractivity contribution >= 4 is 17.6 Å². The molecule has 0 bridgehead atoms. The summed E-state index contributed by atoms with van der Waals surface area (Å²) in [6.07, 6.45) is 2.39. The van der Waals surface area contributed by atoms with Crippen LogP contribution in [0.15, 0.2) is 11.1 Å². The van der Waals surface area contributed by atoms with E-state index in [-0.39, 0.29) is 24.9 Å². The number of anilines is 1. The monoisotopic (exact) mass is 345 g/mol. The minimum atomic E-state index is -0.779. The van der Waals surface area contributed by atoms with Gasteiger partial charge < -0.3 is 20.3 Å². The highest BCUT2D eigenvalue weighted by atomic mass is 16.5. The molecule has 1 atom stereocenters. The number of aliphatic carboxylic acids is 1. The maximum atomic E-state index is 12.0. The van der Waals surface area contributed by atoms with Crippen LogP contribution in [0, 0.1) is 12.8 Å². The van der Waals surface area contributed by atoms with Gasteiger partial charge in [0.15, 0.2) is 0 Å². The molecule has 6 nitrogen and oxygen atoms in total. The number of allylic oxidation sites excluding steroid dienone is 2. The summed E-state index contributed by atoms with van der Waals surface area (Å²) in [7, 11) is 1.60. The number of ether oxygens (including phenoxy) is 2. The normalized spacial score (nSPS) is 19.2. The highest BCUT2D eigenvalue weighted by molar-refractivity contribution is 6.01. The van der Waals surface area contributed by atoms with Crippen LogP contribution in [-0.4, -0.2) is 24.2 Å². The van der Waals surface area contributed by atoms with Gasteiger partial charge in [0.1, 0.15) is 12.4 Å². The minimum Gasteiger partial charge on any atom is -0.496 e. The molecule has 2 aliphatic rings. The first-order valence-electron chi connectivity index (χ1n) is 8.40. The van der Waals surface area contributed by atoms with Crippen LogP contribution >= 0.6 is 0 Å². The summed E-state index contributed by atoms with van der Waals surface area (Å²) >= 11 is 0. The Kier molecular flexibility index (Phi) is 4.45. The van der Waals surface area contributed by atoms with E-state index in [1.54, 1.807) is 7.11 Å². The molecule has 25 heavy (non-hydrogen) atoms. The van der Waals surface area contributed by atoms with Crippen LogP contribution in [-0.2, 0) is 22.6 Å². The van der Waals surface area contributed by atoms with Crippen LogP contribution in [0.5, 0.6) is 5.75 Å². The van der Waals surface area contributed by atoms with E-state index in [4.69, 9.17) is 20.3 Å². The number of fused-ring (bicyclic) bond motifs is 1. The van der Waals surface area contributed by atoms with Gasteiger partial charge in [-0.05, 0) is 44.6 Å². The fourth-order valence-electron chi connectivity index (χ4n) is 4.02. The average Bonchev–Trinajstić information content (AvgIpc) is 3.10. The second kappa shape index (κ2) is 6.43.